The van der Waals surface area contributed by atoms with E-state index >= 15 is 0 Å². The van der Waals surface area contributed by atoms with Gasteiger partial charge in [0.25, 0.3) is 0 Å². The van der Waals surface area contributed by atoms with Crippen LogP contribution in [0.3, 0.4) is 0 Å². The van der Waals surface area contributed by atoms with Crippen molar-refractivity contribution in [1.29, 1.82) is 0 Å². The predicted molar refractivity (Wildman–Crippen MR) is 61.2 cm³/mol. The molecule has 0 heterocycles. The SMILES string of the molecule is CCOP(=O)(CC(O)C(C)(C)C)OCC. The summed E-state index contributed by atoms with van der Waals surface area (Å²) in [5.74, 6) is 0. The molecule has 0 radical (unpaired) electrons. The quantitative estimate of drug-likeness (QED) is 0.723. The molecule has 0 aromatic heterocycles. The van der Waals surface area contributed by atoms with E-state index in [-0.39, 0.29) is 11.6 Å². The van der Waals surface area contributed by atoms with Crippen LogP contribution in [-0.4, -0.2) is 30.6 Å². The Morgan fingerprint density at radius 1 is 1.20 bits per heavy atom. The molecule has 0 aliphatic carbocycles. The summed E-state index contributed by atoms with van der Waals surface area (Å²) in [4.78, 5) is 0. The maximum Gasteiger partial charge on any atom is 0.333 e. The van der Waals surface area contributed by atoms with Gasteiger partial charge in [-0.15, -0.1) is 0 Å². The Balaban J connectivity index is 4.48. The lowest BCUT2D eigenvalue weighted by Gasteiger charge is -2.28. The number of hydrogen-bond donors (Lipinski definition) is 1. The van der Waals surface area contributed by atoms with Crippen LogP contribution >= 0.6 is 7.60 Å². The molecule has 0 aromatic carbocycles. The molecule has 5 heteroatoms. The fraction of sp³-hybridized carbons (Fsp3) is 1.00. The van der Waals surface area contributed by atoms with Crippen molar-refractivity contribution in [3.05, 3.63) is 0 Å². The molecule has 92 valence electrons. The second kappa shape index (κ2) is 6.00. The molecule has 0 bridgehead atoms. The van der Waals surface area contributed by atoms with Crippen LogP contribution < -0.4 is 0 Å². The molecule has 0 spiro atoms. The highest BCUT2D eigenvalue weighted by atomic mass is 31.2. The minimum absolute atomic E-state index is 0.0537. The van der Waals surface area contributed by atoms with Crippen LogP contribution in [0.2, 0.25) is 0 Å². The van der Waals surface area contributed by atoms with Crippen molar-refractivity contribution in [3.63, 3.8) is 0 Å². The standard InChI is InChI=1S/C10H23O4P/c1-6-13-15(12,14-7-2)8-9(11)10(3,4)5/h9,11H,6-8H2,1-5H3. The van der Waals surface area contributed by atoms with Crippen LogP contribution in [0.15, 0.2) is 0 Å². The van der Waals surface area contributed by atoms with E-state index in [2.05, 4.69) is 0 Å². The Bertz CT molecular complexity index is 212. The van der Waals surface area contributed by atoms with Crippen LogP contribution in [0, 0.1) is 5.41 Å². The van der Waals surface area contributed by atoms with E-state index in [1.807, 2.05) is 20.8 Å². The maximum absolute atomic E-state index is 12.1. The second-order valence-electron chi connectivity index (χ2n) is 4.51. The van der Waals surface area contributed by atoms with Crippen molar-refractivity contribution in [2.24, 2.45) is 5.41 Å². The molecule has 0 rings (SSSR count). The average molecular weight is 238 g/mol. The third-order valence-electron chi connectivity index (χ3n) is 2.05. The molecule has 0 saturated heterocycles. The highest BCUT2D eigenvalue weighted by Gasteiger charge is 2.33. The Morgan fingerprint density at radius 3 is 1.87 bits per heavy atom. The third kappa shape index (κ3) is 5.67. The molecule has 4 nitrogen and oxygen atoms in total. The fourth-order valence-electron chi connectivity index (χ4n) is 1.02. The van der Waals surface area contributed by atoms with E-state index in [0.717, 1.165) is 0 Å². The van der Waals surface area contributed by atoms with Crippen molar-refractivity contribution < 1.29 is 18.7 Å². The van der Waals surface area contributed by atoms with Gasteiger partial charge in [0.15, 0.2) is 0 Å². The van der Waals surface area contributed by atoms with Gasteiger partial charge in [-0.1, -0.05) is 20.8 Å². The molecule has 0 fully saturated rings. The zero-order valence-electron chi connectivity index (χ0n) is 10.3. The highest BCUT2D eigenvalue weighted by molar-refractivity contribution is 7.53. The minimum Gasteiger partial charge on any atom is -0.392 e. The molecule has 1 unspecified atom stereocenters. The fourth-order valence-corrected chi connectivity index (χ4v) is 3.07. The summed E-state index contributed by atoms with van der Waals surface area (Å²) in [5.41, 5.74) is -0.316. The normalized spacial score (nSPS) is 15.3. The number of aliphatic hydroxyl groups excluding tert-OH is 1. The van der Waals surface area contributed by atoms with Gasteiger partial charge in [0.1, 0.15) is 0 Å². The van der Waals surface area contributed by atoms with Gasteiger partial charge in [-0.2, -0.15) is 0 Å². The van der Waals surface area contributed by atoms with Gasteiger partial charge in [0.2, 0.25) is 0 Å². The first-order valence-electron chi connectivity index (χ1n) is 5.31. The molecule has 15 heavy (non-hydrogen) atoms. The largest absolute Gasteiger partial charge is 0.392 e. The average Bonchev–Trinajstić information content (AvgIpc) is 2.02. The minimum atomic E-state index is -3.12. The van der Waals surface area contributed by atoms with Gasteiger partial charge in [-0.05, 0) is 19.3 Å². The van der Waals surface area contributed by atoms with Gasteiger partial charge in [0, 0.05) is 0 Å². The van der Waals surface area contributed by atoms with E-state index in [0.29, 0.717) is 13.2 Å². The number of aliphatic hydroxyl groups is 1. The molecule has 0 aromatic rings. The maximum atomic E-state index is 12.1. The van der Waals surface area contributed by atoms with Crippen molar-refractivity contribution in [3.8, 4) is 0 Å². The summed E-state index contributed by atoms with van der Waals surface area (Å²) in [7, 11) is -3.12. The lowest BCUT2D eigenvalue weighted by atomic mass is 9.90. The van der Waals surface area contributed by atoms with E-state index in [1.54, 1.807) is 13.8 Å². The van der Waals surface area contributed by atoms with Crippen LogP contribution in [0.25, 0.3) is 0 Å². The molecule has 0 amide bonds. The summed E-state index contributed by atoms with van der Waals surface area (Å²) in [6.07, 6.45) is -0.639. The number of rotatable bonds is 6. The Hall–Kier alpha value is 0.110. The van der Waals surface area contributed by atoms with Gasteiger partial charge in [-0.25, -0.2) is 0 Å². The Kier molecular flexibility index (Phi) is 6.04. The van der Waals surface area contributed by atoms with Crippen molar-refractivity contribution in [2.75, 3.05) is 19.4 Å². The van der Waals surface area contributed by atoms with Crippen LogP contribution in [0.5, 0.6) is 0 Å². The van der Waals surface area contributed by atoms with Crippen molar-refractivity contribution in [1.82, 2.24) is 0 Å². The van der Waals surface area contributed by atoms with E-state index in [9.17, 15) is 9.67 Å². The van der Waals surface area contributed by atoms with E-state index in [1.165, 1.54) is 0 Å². The summed E-state index contributed by atoms with van der Waals surface area (Å²) in [6, 6.07) is 0. The zero-order valence-corrected chi connectivity index (χ0v) is 11.2. The molecular weight excluding hydrogens is 215 g/mol. The van der Waals surface area contributed by atoms with Gasteiger partial charge >= 0.3 is 7.60 Å². The Morgan fingerprint density at radius 2 is 1.60 bits per heavy atom. The van der Waals surface area contributed by atoms with Crippen LogP contribution in [-0.2, 0) is 13.6 Å². The lowest BCUT2D eigenvalue weighted by molar-refractivity contribution is 0.0740. The van der Waals surface area contributed by atoms with E-state index in [4.69, 9.17) is 9.05 Å². The van der Waals surface area contributed by atoms with Crippen LogP contribution in [0.1, 0.15) is 34.6 Å². The van der Waals surface area contributed by atoms with Crippen molar-refractivity contribution in [2.45, 2.75) is 40.7 Å². The second-order valence-corrected chi connectivity index (χ2v) is 6.61. The molecule has 0 aliphatic rings. The summed E-state index contributed by atoms with van der Waals surface area (Å²) >= 11 is 0. The first kappa shape index (κ1) is 15.1. The molecular formula is C10H23O4P. The van der Waals surface area contributed by atoms with E-state index < -0.39 is 13.7 Å². The van der Waals surface area contributed by atoms with Gasteiger partial charge < -0.3 is 14.2 Å². The summed E-state index contributed by atoms with van der Waals surface area (Å²) < 4.78 is 22.3. The monoisotopic (exact) mass is 238 g/mol. The smallest absolute Gasteiger partial charge is 0.333 e. The molecule has 1 atom stereocenters. The van der Waals surface area contributed by atoms with Crippen molar-refractivity contribution >= 4 is 7.60 Å². The third-order valence-corrected chi connectivity index (χ3v) is 4.14. The lowest BCUT2D eigenvalue weighted by Crippen LogP contribution is -2.30. The Labute approximate surface area is 92.5 Å². The first-order valence-corrected chi connectivity index (χ1v) is 7.04. The summed E-state index contributed by atoms with van der Waals surface area (Å²) in [5, 5.41) is 9.84. The molecule has 0 aliphatic heterocycles. The zero-order chi connectivity index (χ0) is 12.1. The highest BCUT2D eigenvalue weighted by Crippen LogP contribution is 2.50. The van der Waals surface area contributed by atoms with Crippen LogP contribution in [0.4, 0.5) is 0 Å². The summed E-state index contributed by atoms with van der Waals surface area (Å²) in [6.45, 7) is 9.84. The molecule has 1 N–H and O–H groups in total. The number of hydrogen-bond acceptors (Lipinski definition) is 4. The first-order chi connectivity index (χ1) is 6.75. The van der Waals surface area contributed by atoms with Gasteiger partial charge in [-0.3, -0.25) is 4.57 Å². The van der Waals surface area contributed by atoms with Gasteiger partial charge in [0.05, 0.1) is 25.5 Å². The topological polar surface area (TPSA) is 55.8 Å². The predicted octanol–water partition coefficient (Wildman–Crippen LogP) is 2.66. The molecule has 0 saturated carbocycles.